The van der Waals surface area contributed by atoms with Gasteiger partial charge in [-0.05, 0) is 24.3 Å². The van der Waals surface area contributed by atoms with Gasteiger partial charge < -0.3 is 5.32 Å². The van der Waals surface area contributed by atoms with Crippen LogP contribution in [0.2, 0.25) is 0 Å². The summed E-state index contributed by atoms with van der Waals surface area (Å²) in [5, 5.41) is 8.68. The summed E-state index contributed by atoms with van der Waals surface area (Å²) >= 11 is 0. The van der Waals surface area contributed by atoms with Crippen LogP contribution < -0.4 is 5.32 Å². The first kappa shape index (κ1) is 13.1. The minimum absolute atomic E-state index is 0.0241. The summed E-state index contributed by atoms with van der Waals surface area (Å²) in [6.45, 7) is 0. The van der Waals surface area contributed by atoms with Crippen molar-refractivity contribution in [2.45, 2.75) is 12.6 Å². The third kappa shape index (κ3) is 3.57. The first-order valence-corrected chi connectivity index (χ1v) is 5.40. The highest BCUT2D eigenvalue weighted by molar-refractivity contribution is 5.92. The molecule has 1 aromatic carbocycles. The summed E-state index contributed by atoms with van der Waals surface area (Å²) < 4.78 is 37.5. The molecule has 0 atom stereocenters. The van der Waals surface area contributed by atoms with Gasteiger partial charge in [-0.15, -0.1) is 0 Å². The summed E-state index contributed by atoms with van der Waals surface area (Å²) in [7, 11) is 0. The Bertz CT molecular complexity index is 564. The first-order chi connectivity index (χ1) is 8.95. The smallest absolute Gasteiger partial charge is 0.326 e. The largest absolute Gasteiger partial charge is 0.416 e. The van der Waals surface area contributed by atoms with Gasteiger partial charge in [0.25, 0.3) is 0 Å². The summed E-state index contributed by atoms with van der Waals surface area (Å²) in [5.74, 6) is -0.413. The lowest BCUT2D eigenvalue weighted by atomic mass is 10.2. The number of hydrogen-bond acceptors (Lipinski definition) is 2. The Morgan fingerprint density at radius 3 is 2.74 bits per heavy atom. The summed E-state index contributed by atoms with van der Waals surface area (Å²) in [6.07, 6.45) is -2.91. The molecule has 7 heteroatoms. The molecule has 1 aromatic heterocycles. The second-order valence-corrected chi connectivity index (χ2v) is 3.89. The fourth-order valence-corrected chi connectivity index (χ4v) is 1.53. The number of amides is 1. The van der Waals surface area contributed by atoms with Crippen molar-refractivity contribution in [3.63, 3.8) is 0 Å². The van der Waals surface area contributed by atoms with E-state index in [4.69, 9.17) is 0 Å². The van der Waals surface area contributed by atoms with E-state index in [2.05, 4.69) is 15.5 Å². The molecule has 0 bridgehead atoms. The molecule has 1 amide bonds. The van der Waals surface area contributed by atoms with Gasteiger partial charge in [-0.1, -0.05) is 6.07 Å². The van der Waals surface area contributed by atoms with Crippen LogP contribution in [-0.4, -0.2) is 16.1 Å². The molecule has 0 fully saturated rings. The minimum atomic E-state index is -4.43. The zero-order chi connectivity index (χ0) is 13.9. The number of alkyl halides is 3. The van der Waals surface area contributed by atoms with Crippen molar-refractivity contribution >= 4 is 11.6 Å². The predicted molar refractivity (Wildman–Crippen MR) is 62.4 cm³/mol. The maximum atomic E-state index is 12.5. The van der Waals surface area contributed by atoms with Crippen LogP contribution in [0.4, 0.5) is 18.9 Å². The number of aromatic nitrogens is 2. The highest BCUT2D eigenvalue weighted by Gasteiger charge is 2.30. The Morgan fingerprint density at radius 1 is 1.32 bits per heavy atom. The molecule has 2 aromatic rings. The summed E-state index contributed by atoms with van der Waals surface area (Å²) in [5.41, 5.74) is -0.101. The topological polar surface area (TPSA) is 57.8 Å². The highest BCUT2D eigenvalue weighted by atomic mass is 19.4. The van der Waals surface area contributed by atoms with Gasteiger partial charge >= 0.3 is 6.18 Å². The van der Waals surface area contributed by atoms with Gasteiger partial charge in [0, 0.05) is 17.6 Å². The number of anilines is 1. The number of carbonyl (C=O) groups excluding carboxylic acids is 1. The number of aromatic amines is 1. The molecular formula is C12H10F3N3O. The van der Waals surface area contributed by atoms with Gasteiger partial charge in [0.15, 0.2) is 0 Å². The molecule has 19 heavy (non-hydrogen) atoms. The van der Waals surface area contributed by atoms with E-state index in [1.54, 1.807) is 6.07 Å². The molecule has 1 heterocycles. The van der Waals surface area contributed by atoms with Gasteiger partial charge in [0.2, 0.25) is 5.91 Å². The zero-order valence-corrected chi connectivity index (χ0v) is 9.66. The summed E-state index contributed by atoms with van der Waals surface area (Å²) in [4.78, 5) is 11.6. The Kier molecular flexibility index (Phi) is 3.55. The number of nitrogens with one attached hydrogen (secondary N) is 2. The number of nitrogens with zero attached hydrogens (tertiary/aromatic N) is 1. The highest BCUT2D eigenvalue weighted by Crippen LogP contribution is 2.30. The van der Waals surface area contributed by atoms with E-state index in [1.165, 1.54) is 18.3 Å². The van der Waals surface area contributed by atoms with Crippen LogP contribution in [0.1, 0.15) is 11.3 Å². The van der Waals surface area contributed by atoms with Crippen molar-refractivity contribution in [3.8, 4) is 0 Å². The van der Waals surface area contributed by atoms with Crippen molar-refractivity contribution in [2.75, 3.05) is 5.32 Å². The van der Waals surface area contributed by atoms with Crippen LogP contribution in [0, 0.1) is 0 Å². The van der Waals surface area contributed by atoms with E-state index < -0.39 is 17.6 Å². The van der Waals surface area contributed by atoms with Crippen LogP contribution >= 0.6 is 0 Å². The molecule has 0 aliphatic carbocycles. The van der Waals surface area contributed by atoms with Crippen molar-refractivity contribution in [1.29, 1.82) is 0 Å². The van der Waals surface area contributed by atoms with Crippen LogP contribution in [0.3, 0.4) is 0 Å². The predicted octanol–water partition coefficient (Wildman–Crippen LogP) is 2.61. The molecule has 100 valence electrons. The van der Waals surface area contributed by atoms with Crippen molar-refractivity contribution in [3.05, 3.63) is 47.8 Å². The first-order valence-electron chi connectivity index (χ1n) is 5.40. The van der Waals surface area contributed by atoms with E-state index in [0.717, 1.165) is 12.1 Å². The summed E-state index contributed by atoms with van der Waals surface area (Å²) in [6, 6.07) is 6.11. The molecule has 2 N–H and O–H groups in total. The van der Waals surface area contributed by atoms with Crippen molar-refractivity contribution in [1.82, 2.24) is 10.2 Å². The lowest BCUT2D eigenvalue weighted by molar-refractivity contribution is -0.137. The van der Waals surface area contributed by atoms with Gasteiger partial charge in [-0.3, -0.25) is 9.89 Å². The number of rotatable bonds is 3. The van der Waals surface area contributed by atoms with Crippen LogP contribution in [-0.2, 0) is 17.4 Å². The van der Waals surface area contributed by atoms with Crippen LogP contribution in [0.25, 0.3) is 0 Å². The molecule has 4 nitrogen and oxygen atoms in total. The fourth-order valence-electron chi connectivity index (χ4n) is 1.53. The Labute approximate surface area is 106 Å². The Balaban J connectivity index is 2.05. The van der Waals surface area contributed by atoms with Gasteiger partial charge in [-0.25, -0.2) is 0 Å². The normalized spacial score (nSPS) is 11.3. The number of carbonyl (C=O) groups is 1. The molecule has 0 aliphatic rings. The Morgan fingerprint density at radius 2 is 2.11 bits per heavy atom. The van der Waals surface area contributed by atoms with Crippen LogP contribution in [0.5, 0.6) is 0 Å². The van der Waals surface area contributed by atoms with Gasteiger partial charge in [0.1, 0.15) is 0 Å². The molecule has 0 spiro atoms. The fraction of sp³-hybridized carbons (Fsp3) is 0.167. The number of H-pyrrole nitrogens is 1. The second kappa shape index (κ2) is 5.13. The number of halogens is 3. The molecule has 0 saturated carbocycles. The molecule has 2 rings (SSSR count). The number of hydrogen-bond donors (Lipinski definition) is 2. The van der Waals surface area contributed by atoms with Crippen molar-refractivity contribution in [2.24, 2.45) is 0 Å². The van der Waals surface area contributed by atoms with Crippen molar-refractivity contribution < 1.29 is 18.0 Å². The average molecular weight is 269 g/mol. The van der Waals surface area contributed by atoms with Gasteiger partial charge in [-0.2, -0.15) is 18.3 Å². The third-order valence-electron chi connectivity index (χ3n) is 2.38. The minimum Gasteiger partial charge on any atom is -0.326 e. The maximum absolute atomic E-state index is 12.5. The molecule has 0 unspecified atom stereocenters. The third-order valence-corrected chi connectivity index (χ3v) is 2.38. The van der Waals surface area contributed by atoms with E-state index in [9.17, 15) is 18.0 Å². The van der Waals surface area contributed by atoms with E-state index >= 15 is 0 Å². The van der Waals surface area contributed by atoms with Crippen LogP contribution in [0.15, 0.2) is 36.5 Å². The molecular weight excluding hydrogens is 259 g/mol. The lowest BCUT2D eigenvalue weighted by Crippen LogP contribution is -2.15. The van der Waals surface area contributed by atoms with E-state index in [0.29, 0.717) is 5.69 Å². The zero-order valence-electron chi connectivity index (χ0n) is 9.66. The van der Waals surface area contributed by atoms with E-state index in [-0.39, 0.29) is 12.1 Å². The van der Waals surface area contributed by atoms with E-state index in [1.807, 2.05) is 0 Å². The lowest BCUT2D eigenvalue weighted by Gasteiger charge is -2.09. The monoisotopic (exact) mass is 269 g/mol. The number of benzene rings is 1. The SMILES string of the molecule is O=C(Cc1ccn[nH]1)Nc1cccc(C(F)(F)F)c1. The quantitative estimate of drug-likeness (QED) is 0.899. The maximum Gasteiger partial charge on any atom is 0.416 e. The second-order valence-electron chi connectivity index (χ2n) is 3.89. The average Bonchev–Trinajstić information content (AvgIpc) is 2.80. The molecule has 0 radical (unpaired) electrons. The molecule has 0 aliphatic heterocycles. The molecule has 0 saturated heterocycles. The van der Waals surface area contributed by atoms with Gasteiger partial charge in [0.05, 0.1) is 12.0 Å². The standard InChI is InChI=1S/C12H10F3N3O/c13-12(14,15)8-2-1-3-9(6-8)17-11(19)7-10-4-5-16-18-10/h1-6H,7H2,(H,16,18)(H,17,19). The Hall–Kier alpha value is -2.31.